The number of carboxylic acid groups (broad SMARTS) is 2. The second-order valence-electron chi connectivity index (χ2n) is 6.64. The molecule has 2 N–H and O–H groups in total. The van der Waals surface area contributed by atoms with E-state index in [1.807, 2.05) is 0 Å². The van der Waals surface area contributed by atoms with Crippen LogP contribution < -0.4 is 10.1 Å². The first-order chi connectivity index (χ1) is 14.2. The minimum Gasteiger partial charge on any atom is -0.481 e. The number of aliphatic carboxylic acids is 2. The Morgan fingerprint density at radius 3 is 1.27 bits per heavy atom. The summed E-state index contributed by atoms with van der Waals surface area (Å²) in [5.41, 5.74) is 1.21. The van der Waals surface area contributed by atoms with E-state index in [9.17, 15) is 19.2 Å². The monoisotopic (exact) mass is 424 g/mol. The van der Waals surface area contributed by atoms with Crippen LogP contribution in [0.4, 0.5) is 11.4 Å². The summed E-state index contributed by atoms with van der Waals surface area (Å²) >= 11 is 0. The molecule has 10 heteroatoms. The highest BCUT2D eigenvalue weighted by molar-refractivity contribution is 5.72. The number of hydrogen-bond acceptors (Lipinski definition) is 8. The molecule has 0 aliphatic carbocycles. The van der Waals surface area contributed by atoms with Crippen LogP contribution in [0.1, 0.15) is 51.4 Å². The van der Waals surface area contributed by atoms with Gasteiger partial charge in [0.15, 0.2) is 0 Å². The van der Waals surface area contributed by atoms with Gasteiger partial charge in [0.1, 0.15) is 0 Å². The molecule has 0 heterocycles. The number of carbonyl (C=O) groups is 4. The van der Waals surface area contributed by atoms with E-state index in [2.05, 4.69) is 0 Å². The van der Waals surface area contributed by atoms with Gasteiger partial charge in [0.05, 0.1) is 11.4 Å². The van der Waals surface area contributed by atoms with Crippen LogP contribution in [0.15, 0.2) is 24.3 Å². The van der Waals surface area contributed by atoms with Crippen molar-refractivity contribution in [3.8, 4) is 0 Å². The quantitative estimate of drug-likeness (QED) is 0.339. The van der Waals surface area contributed by atoms with Crippen LogP contribution in [-0.4, -0.2) is 48.2 Å². The minimum absolute atomic E-state index is 0.0189. The molecule has 0 radical (unpaired) electrons. The van der Waals surface area contributed by atoms with Crippen molar-refractivity contribution in [1.82, 2.24) is 0 Å². The molecule has 0 aliphatic rings. The van der Waals surface area contributed by atoms with Gasteiger partial charge in [-0.3, -0.25) is 9.59 Å². The molecule has 0 unspecified atom stereocenters. The van der Waals surface area contributed by atoms with Crippen molar-refractivity contribution < 1.29 is 39.1 Å². The summed E-state index contributed by atoms with van der Waals surface area (Å²) < 4.78 is 0. The molecule has 0 fully saturated rings. The molecule has 0 spiro atoms. The maximum Gasteiger partial charge on any atom is 0.332 e. The molecule has 0 amide bonds. The summed E-state index contributed by atoms with van der Waals surface area (Å²) in [7, 11) is 3.15. The number of benzene rings is 1. The first kappa shape index (κ1) is 24.7. The van der Waals surface area contributed by atoms with E-state index < -0.39 is 23.9 Å². The van der Waals surface area contributed by atoms with E-state index >= 15 is 0 Å². The minimum atomic E-state index is -0.894. The van der Waals surface area contributed by atoms with Crippen molar-refractivity contribution in [3.05, 3.63) is 24.3 Å². The summed E-state index contributed by atoms with van der Waals surface area (Å²) in [6, 6.07) is 6.74. The lowest BCUT2D eigenvalue weighted by Crippen LogP contribution is -2.24. The highest BCUT2D eigenvalue weighted by Gasteiger charge is 2.12. The third kappa shape index (κ3) is 10.3. The number of hydrogen-bond donors (Lipinski definition) is 2. The van der Waals surface area contributed by atoms with Crippen LogP contribution in [0.2, 0.25) is 0 Å². The zero-order valence-corrected chi connectivity index (χ0v) is 17.2. The van der Waals surface area contributed by atoms with Gasteiger partial charge in [-0.05, 0) is 49.9 Å². The van der Waals surface area contributed by atoms with Gasteiger partial charge < -0.3 is 19.9 Å². The molecule has 166 valence electrons. The molecule has 30 heavy (non-hydrogen) atoms. The average molecular weight is 424 g/mol. The Bertz CT molecular complexity index is 659. The average Bonchev–Trinajstić information content (AvgIpc) is 2.68. The van der Waals surface area contributed by atoms with Gasteiger partial charge in [0.2, 0.25) is 0 Å². The predicted molar refractivity (Wildman–Crippen MR) is 108 cm³/mol. The Hall–Kier alpha value is -3.30. The van der Waals surface area contributed by atoms with E-state index in [0.717, 1.165) is 0 Å². The Kier molecular flexibility index (Phi) is 10.7. The van der Waals surface area contributed by atoms with Crippen molar-refractivity contribution >= 4 is 35.3 Å². The highest BCUT2D eigenvalue weighted by Crippen LogP contribution is 2.20. The first-order valence-corrected chi connectivity index (χ1v) is 9.61. The Morgan fingerprint density at radius 1 is 0.667 bits per heavy atom. The van der Waals surface area contributed by atoms with Gasteiger partial charge in [-0.25, -0.2) is 19.7 Å². The predicted octanol–water partition coefficient (Wildman–Crippen LogP) is 2.77. The first-order valence-electron chi connectivity index (χ1n) is 9.61. The van der Waals surface area contributed by atoms with Crippen LogP contribution in [0.25, 0.3) is 0 Å². The number of carboxylic acids is 2. The molecule has 0 aliphatic heterocycles. The highest BCUT2D eigenvalue weighted by atomic mass is 16.7. The van der Waals surface area contributed by atoms with E-state index in [1.165, 1.54) is 10.1 Å². The third-order valence-corrected chi connectivity index (χ3v) is 4.10. The van der Waals surface area contributed by atoms with Gasteiger partial charge in [0, 0.05) is 39.8 Å². The van der Waals surface area contributed by atoms with E-state index in [0.29, 0.717) is 37.1 Å². The molecule has 1 aromatic carbocycles. The number of anilines is 2. The van der Waals surface area contributed by atoms with E-state index in [1.54, 1.807) is 38.4 Å². The van der Waals surface area contributed by atoms with Crippen LogP contribution in [0.3, 0.4) is 0 Å². The Labute approximate surface area is 174 Å². The van der Waals surface area contributed by atoms with E-state index in [-0.39, 0.29) is 25.7 Å². The fraction of sp³-hybridized carbons (Fsp3) is 0.500. The van der Waals surface area contributed by atoms with Gasteiger partial charge in [-0.1, -0.05) is 0 Å². The Balaban J connectivity index is 2.41. The second kappa shape index (κ2) is 13.0. The third-order valence-electron chi connectivity index (χ3n) is 4.10. The zero-order valence-electron chi connectivity index (χ0n) is 17.2. The lowest BCUT2D eigenvalue weighted by molar-refractivity contribution is -0.145. The van der Waals surface area contributed by atoms with Crippen LogP contribution in [-0.2, 0) is 28.9 Å². The fourth-order valence-corrected chi connectivity index (χ4v) is 2.47. The van der Waals surface area contributed by atoms with Crippen molar-refractivity contribution in [2.24, 2.45) is 0 Å². The standard InChI is InChI=1S/C20H28N2O8/c1-21(29-19(27)9-5-3-7-17(23)24)15-11-13-16(14-12-15)22(2)30-20(28)10-6-4-8-18(25)26/h11-14H,3-10H2,1-2H3,(H,23,24)(H,25,26). The van der Waals surface area contributed by atoms with Gasteiger partial charge in [0.25, 0.3) is 0 Å². The van der Waals surface area contributed by atoms with Crippen molar-refractivity contribution in [2.75, 3.05) is 24.2 Å². The number of nitrogens with zero attached hydrogens (tertiary/aromatic N) is 2. The second-order valence-corrected chi connectivity index (χ2v) is 6.64. The smallest absolute Gasteiger partial charge is 0.332 e. The molecule has 0 saturated carbocycles. The summed E-state index contributed by atoms with van der Waals surface area (Å²) in [5.74, 6) is -2.70. The van der Waals surface area contributed by atoms with E-state index in [4.69, 9.17) is 19.9 Å². The number of carbonyl (C=O) groups excluding carboxylic acids is 2. The maximum atomic E-state index is 11.8. The summed E-state index contributed by atoms with van der Waals surface area (Å²) in [5, 5.41) is 19.8. The Morgan fingerprint density at radius 2 is 0.967 bits per heavy atom. The number of rotatable bonds is 14. The number of unbranched alkanes of at least 4 members (excludes halogenated alkanes) is 2. The fourth-order valence-electron chi connectivity index (χ4n) is 2.47. The molecular formula is C20H28N2O8. The van der Waals surface area contributed by atoms with Crippen molar-refractivity contribution in [3.63, 3.8) is 0 Å². The largest absolute Gasteiger partial charge is 0.481 e. The molecule has 0 saturated heterocycles. The van der Waals surface area contributed by atoms with Gasteiger partial charge in [-0.2, -0.15) is 0 Å². The lowest BCUT2D eigenvalue weighted by atomic mass is 10.2. The molecule has 1 rings (SSSR count). The van der Waals surface area contributed by atoms with Gasteiger partial charge >= 0.3 is 23.9 Å². The topological polar surface area (TPSA) is 134 Å². The maximum absolute atomic E-state index is 11.8. The molecule has 0 bridgehead atoms. The molecule has 1 aromatic rings. The van der Waals surface area contributed by atoms with Crippen LogP contribution in [0, 0.1) is 0 Å². The summed E-state index contributed by atoms with van der Waals surface area (Å²) in [6.07, 6.45) is 1.98. The summed E-state index contributed by atoms with van der Waals surface area (Å²) in [6.45, 7) is 0. The lowest BCUT2D eigenvalue weighted by Gasteiger charge is -2.21. The van der Waals surface area contributed by atoms with Crippen molar-refractivity contribution in [2.45, 2.75) is 51.4 Å². The van der Waals surface area contributed by atoms with Crippen molar-refractivity contribution in [1.29, 1.82) is 0 Å². The van der Waals surface area contributed by atoms with Crippen LogP contribution >= 0.6 is 0 Å². The van der Waals surface area contributed by atoms with Crippen LogP contribution in [0.5, 0.6) is 0 Å². The SMILES string of the molecule is CN(OC(=O)CCCCC(=O)O)c1ccc(N(C)OC(=O)CCCCC(=O)O)cc1. The number of hydroxylamine groups is 2. The van der Waals surface area contributed by atoms with Gasteiger partial charge in [-0.15, -0.1) is 0 Å². The molecule has 0 atom stereocenters. The summed E-state index contributed by atoms with van der Waals surface area (Å²) in [4.78, 5) is 54.9. The molecular weight excluding hydrogens is 396 g/mol. The normalized spacial score (nSPS) is 10.2. The molecule has 10 nitrogen and oxygen atoms in total. The zero-order chi connectivity index (χ0) is 22.5. The molecule has 0 aromatic heterocycles.